The van der Waals surface area contributed by atoms with Gasteiger partial charge < -0.3 is 10.2 Å². The standard InChI is InChI=1S/C22H27N7O2/c1-15-4-2-3-5-20(15)28-11-17(9-25-28)22-21-6-7-23-29(21)13-19(26-22)16-8-24-27(10-16)12-18(31)14-30/h6-11,13,15,18,20,30-31H,2-5,12,14H2,1H3/t15-,18-,20-/m1/s1. The molecule has 1 fully saturated rings. The Labute approximate surface area is 180 Å². The molecular weight excluding hydrogens is 394 g/mol. The number of nitrogens with zero attached hydrogens (tertiary/aromatic N) is 7. The van der Waals surface area contributed by atoms with E-state index in [1.807, 2.05) is 29.2 Å². The van der Waals surface area contributed by atoms with E-state index in [4.69, 9.17) is 10.1 Å². The van der Waals surface area contributed by atoms with E-state index < -0.39 is 6.10 Å². The normalized spacial score (nSPS) is 20.4. The van der Waals surface area contributed by atoms with E-state index in [0.29, 0.717) is 12.0 Å². The van der Waals surface area contributed by atoms with Gasteiger partial charge in [-0.1, -0.05) is 19.8 Å². The molecule has 31 heavy (non-hydrogen) atoms. The molecule has 0 saturated heterocycles. The summed E-state index contributed by atoms with van der Waals surface area (Å²) in [6.07, 6.45) is 15.3. The molecule has 4 aromatic heterocycles. The fraction of sp³-hybridized carbons (Fsp3) is 0.455. The molecule has 4 aromatic rings. The van der Waals surface area contributed by atoms with Gasteiger partial charge in [-0.15, -0.1) is 0 Å². The smallest absolute Gasteiger partial charge is 0.0999 e. The summed E-state index contributed by atoms with van der Waals surface area (Å²) < 4.78 is 5.53. The van der Waals surface area contributed by atoms with Gasteiger partial charge in [-0.25, -0.2) is 9.50 Å². The quantitative estimate of drug-likeness (QED) is 0.496. The van der Waals surface area contributed by atoms with Crippen LogP contribution in [0.3, 0.4) is 0 Å². The Hall–Kier alpha value is -3.04. The van der Waals surface area contributed by atoms with Crippen molar-refractivity contribution in [3.05, 3.63) is 43.2 Å². The molecule has 2 N–H and O–H groups in total. The first-order valence-electron chi connectivity index (χ1n) is 10.8. The molecule has 0 spiro atoms. The van der Waals surface area contributed by atoms with E-state index >= 15 is 0 Å². The Balaban J connectivity index is 1.51. The summed E-state index contributed by atoms with van der Waals surface area (Å²) in [4.78, 5) is 4.92. The highest BCUT2D eigenvalue weighted by Crippen LogP contribution is 2.34. The second kappa shape index (κ2) is 8.24. The second-order valence-electron chi connectivity index (χ2n) is 8.46. The van der Waals surface area contributed by atoms with Gasteiger partial charge in [-0.3, -0.25) is 9.36 Å². The predicted octanol–water partition coefficient (Wildman–Crippen LogP) is 2.56. The van der Waals surface area contributed by atoms with E-state index in [-0.39, 0.29) is 13.2 Å². The fourth-order valence-electron chi connectivity index (χ4n) is 4.48. The van der Waals surface area contributed by atoms with Crippen molar-refractivity contribution in [2.45, 2.75) is 51.3 Å². The molecule has 162 valence electrons. The van der Waals surface area contributed by atoms with Gasteiger partial charge in [0.2, 0.25) is 0 Å². The predicted molar refractivity (Wildman–Crippen MR) is 115 cm³/mol. The summed E-state index contributed by atoms with van der Waals surface area (Å²) in [5.74, 6) is 0.621. The summed E-state index contributed by atoms with van der Waals surface area (Å²) in [5.41, 5.74) is 4.26. The molecule has 1 saturated carbocycles. The van der Waals surface area contributed by atoms with E-state index in [0.717, 1.165) is 34.5 Å². The van der Waals surface area contributed by atoms with E-state index in [9.17, 15) is 5.11 Å². The van der Waals surface area contributed by atoms with E-state index in [1.165, 1.54) is 19.3 Å². The highest BCUT2D eigenvalue weighted by Gasteiger charge is 2.24. The number of rotatable bonds is 6. The molecule has 1 aliphatic carbocycles. The second-order valence-corrected chi connectivity index (χ2v) is 8.46. The zero-order valence-electron chi connectivity index (χ0n) is 17.5. The highest BCUT2D eigenvalue weighted by atomic mass is 16.3. The van der Waals surface area contributed by atoms with Crippen molar-refractivity contribution >= 4 is 5.52 Å². The van der Waals surface area contributed by atoms with Crippen molar-refractivity contribution in [1.29, 1.82) is 0 Å². The van der Waals surface area contributed by atoms with Crippen LogP contribution in [0.5, 0.6) is 0 Å². The van der Waals surface area contributed by atoms with Gasteiger partial charge >= 0.3 is 0 Å². The fourth-order valence-corrected chi connectivity index (χ4v) is 4.48. The Morgan fingerprint density at radius 3 is 2.74 bits per heavy atom. The molecule has 1 aliphatic rings. The van der Waals surface area contributed by atoms with Crippen molar-refractivity contribution in [2.24, 2.45) is 5.92 Å². The zero-order valence-corrected chi connectivity index (χ0v) is 17.5. The molecule has 0 bridgehead atoms. The van der Waals surface area contributed by atoms with Crippen molar-refractivity contribution in [3.8, 4) is 22.5 Å². The van der Waals surface area contributed by atoms with Crippen molar-refractivity contribution in [1.82, 2.24) is 34.2 Å². The summed E-state index contributed by atoms with van der Waals surface area (Å²) >= 11 is 0. The minimum atomic E-state index is -0.849. The Morgan fingerprint density at radius 2 is 1.90 bits per heavy atom. The summed E-state index contributed by atoms with van der Waals surface area (Å²) in [7, 11) is 0. The number of hydrogen-bond acceptors (Lipinski definition) is 6. The van der Waals surface area contributed by atoms with Crippen LogP contribution in [0.25, 0.3) is 28.0 Å². The van der Waals surface area contributed by atoms with Crippen LogP contribution < -0.4 is 0 Å². The zero-order chi connectivity index (χ0) is 21.4. The van der Waals surface area contributed by atoms with Gasteiger partial charge in [-0.2, -0.15) is 15.3 Å². The lowest BCUT2D eigenvalue weighted by Crippen LogP contribution is -2.21. The average Bonchev–Trinajstić information content (AvgIpc) is 3.53. The van der Waals surface area contributed by atoms with Crippen LogP contribution in [0.15, 0.2) is 43.2 Å². The number of aliphatic hydroxyl groups is 2. The monoisotopic (exact) mass is 421 g/mol. The van der Waals surface area contributed by atoms with Crippen LogP contribution in [-0.4, -0.2) is 57.1 Å². The van der Waals surface area contributed by atoms with Gasteiger partial charge in [0.15, 0.2) is 0 Å². The molecule has 9 nitrogen and oxygen atoms in total. The summed E-state index contributed by atoms with van der Waals surface area (Å²) in [6.45, 7) is 2.23. The van der Waals surface area contributed by atoms with Crippen LogP contribution >= 0.6 is 0 Å². The number of aliphatic hydroxyl groups excluding tert-OH is 2. The lowest BCUT2D eigenvalue weighted by atomic mass is 9.86. The SMILES string of the molecule is C[C@@H]1CCCC[C@H]1n1cc(-c2nc(-c3cnn(C[C@@H](O)CO)c3)cn3nccc23)cn1. The first-order valence-corrected chi connectivity index (χ1v) is 10.8. The molecular formula is C22H27N7O2. The third kappa shape index (κ3) is 3.86. The largest absolute Gasteiger partial charge is 0.394 e. The van der Waals surface area contributed by atoms with Crippen molar-refractivity contribution in [3.63, 3.8) is 0 Å². The van der Waals surface area contributed by atoms with Gasteiger partial charge in [0.25, 0.3) is 0 Å². The number of fused-ring (bicyclic) bond motifs is 1. The lowest BCUT2D eigenvalue weighted by Gasteiger charge is -2.28. The maximum atomic E-state index is 9.68. The molecule has 4 heterocycles. The number of hydrogen-bond donors (Lipinski definition) is 2. The van der Waals surface area contributed by atoms with Crippen molar-refractivity contribution in [2.75, 3.05) is 6.61 Å². The molecule has 0 radical (unpaired) electrons. The van der Waals surface area contributed by atoms with Gasteiger partial charge in [-0.05, 0) is 24.8 Å². The molecule has 5 rings (SSSR count). The maximum absolute atomic E-state index is 9.68. The van der Waals surface area contributed by atoms with Gasteiger partial charge in [0, 0.05) is 23.5 Å². The molecule has 0 aromatic carbocycles. The summed E-state index contributed by atoms with van der Waals surface area (Å²) in [6, 6.07) is 2.39. The lowest BCUT2D eigenvalue weighted by molar-refractivity contribution is 0.0783. The number of aromatic nitrogens is 7. The van der Waals surface area contributed by atoms with Gasteiger partial charge in [0.05, 0.1) is 67.0 Å². The molecule has 0 amide bonds. The molecule has 9 heteroatoms. The van der Waals surface area contributed by atoms with Crippen LogP contribution in [0.2, 0.25) is 0 Å². The van der Waals surface area contributed by atoms with Crippen LogP contribution in [0, 0.1) is 5.92 Å². The van der Waals surface area contributed by atoms with Crippen LogP contribution in [0.1, 0.15) is 38.6 Å². The average molecular weight is 422 g/mol. The first-order chi connectivity index (χ1) is 15.1. The molecule has 3 atom stereocenters. The van der Waals surface area contributed by atoms with Gasteiger partial charge in [0.1, 0.15) is 0 Å². The molecule has 0 aliphatic heterocycles. The first kappa shape index (κ1) is 19.9. The Bertz CT molecular complexity index is 1180. The third-order valence-corrected chi connectivity index (χ3v) is 6.21. The molecule has 0 unspecified atom stereocenters. The Kier molecular flexibility index (Phi) is 5.29. The third-order valence-electron chi connectivity index (χ3n) is 6.21. The topological polar surface area (TPSA) is 106 Å². The van der Waals surface area contributed by atoms with Crippen LogP contribution in [-0.2, 0) is 6.54 Å². The Morgan fingerprint density at radius 1 is 1.06 bits per heavy atom. The highest BCUT2D eigenvalue weighted by molar-refractivity contribution is 5.78. The van der Waals surface area contributed by atoms with E-state index in [1.54, 1.807) is 17.1 Å². The van der Waals surface area contributed by atoms with Crippen LogP contribution in [0.4, 0.5) is 0 Å². The maximum Gasteiger partial charge on any atom is 0.0999 e. The minimum absolute atomic E-state index is 0.222. The van der Waals surface area contributed by atoms with Crippen molar-refractivity contribution < 1.29 is 10.2 Å². The minimum Gasteiger partial charge on any atom is -0.394 e. The summed E-state index contributed by atoms with van der Waals surface area (Å²) in [5, 5.41) is 32.1. The van der Waals surface area contributed by atoms with E-state index in [2.05, 4.69) is 33.1 Å².